The summed E-state index contributed by atoms with van der Waals surface area (Å²) in [5.74, 6) is -1.77. The zero-order valence-electron chi connectivity index (χ0n) is 8.45. The number of hydrogen-bond donors (Lipinski definition) is 1. The molecule has 0 amide bonds. The lowest BCUT2D eigenvalue weighted by atomic mass is 10.2. The highest BCUT2D eigenvalue weighted by Gasteiger charge is 2.16. The molecule has 0 radical (unpaired) electrons. The minimum absolute atomic E-state index is 0.202. The van der Waals surface area contributed by atoms with Gasteiger partial charge in [-0.2, -0.15) is 0 Å². The molecule has 0 aliphatic rings. The number of halogens is 2. The predicted molar refractivity (Wildman–Crippen MR) is 55.3 cm³/mol. The van der Waals surface area contributed by atoms with Crippen LogP contribution in [-0.2, 0) is 7.05 Å². The molecule has 0 saturated heterocycles. The van der Waals surface area contributed by atoms with Crippen LogP contribution >= 0.6 is 0 Å². The van der Waals surface area contributed by atoms with Crippen LogP contribution < -0.4 is 11.4 Å². The lowest BCUT2D eigenvalue weighted by Gasteiger charge is -2.06. The Morgan fingerprint density at radius 3 is 2.50 bits per heavy atom. The fraction of sp³-hybridized carbons (Fsp3) is 0.100. The van der Waals surface area contributed by atoms with E-state index in [0.717, 1.165) is 16.7 Å². The molecule has 1 aromatic heterocycles. The largest absolute Gasteiger partial charge is 0.396 e. The van der Waals surface area contributed by atoms with E-state index >= 15 is 0 Å². The van der Waals surface area contributed by atoms with Crippen LogP contribution in [0.5, 0.6) is 0 Å². The molecule has 6 heteroatoms. The Morgan fingerprint density at radius 1 is 1.25 bits per heavy atom. The Balaban J connectivity index is 2.79. The number of nitrogen functional groups attached to an aromatic ring is 1. The quantitative estimate of drug-likeness (QED) is 0.737. The molecule has 0 spiro atoms. The van der Waals surface area contributed by atoms with Crippen molar-refractivity contribution in [2.24, 2.45) is 7.05 Å². The number of nitrogens with zero attached hydrogens (tertiary/aromatic N) is 2. The van der Waals surface area contributed by atoms with E-state index in [4.69, 9.17) is 5.73 Å². The van der Waals surface area contributed by atoms with E-state index in [1.165, 1.54) is 24.0 Å². The highest BCUT2D eigenvalue weighted by molar-refractivity contribution is 5.50. The average Bonchev–Trinajstić information content (AvgIpc) is 2.56. The molecule has 0 aliphatic carbocycles. The van der Waals surface area contributed by atoms with E-state index in [-0.39, 0.29) is 5.69 Å². The van der Waals surface area contributed by atoms with Gasteiger partial charge in [-0.1, -0.05) is 0 Å². The van der Waals surface area contributed by atoms with Gasteiger partial charge in [-0.15, -0.1) is 0 Å². The van der Waals surface area contributed by atoms with Crippen LogP contribution in [0.15, 0.2) is 29.3 Å². The molecule has 16 heavy (non-hydrogen) atoms. The number of rotatable bonds is 1. The number of hydrogen-bond acceptors (Lipinski definition) is 2. The van der Waals surface area contributed by atoms with Crippen molar-refractivity contribution in [2.75, 3.05) is 5.73 Å². The number of aromatic nitrogens is 2. The normalized spacial score (nSPS) is 10.7. The summed E-state index contributed by atoms with van der Waals surface area (Å²) in [5, 5.41) is 0. The molecule has 1 aromatic carbocycles. The van der Waals surface area contributed by atoms with Gasteiger partial charge in [0, 0.05) is 19.4 Å². The molecule has 0 fully saturated rings. The summed E-state index contributed by atoms with van der Waals surface area (Å²) in [6.45, 7) is 0. The van der Waals surface area contributed by atoms with Gasteiger partial charge >= 0.3 is 5.69 Å². The van der Waals surface area contributed by atoms with Gasteiger partial charge in [-0.25, -0.2) is 13.6 Å². The Morgan fingerprint density at radius 2 is 1.94 bits per heavy atom. The molecule has 4 nitrogen and oxygen atoms in total. The zero-order valence-corrected chi connectivity index (χ0v) is 8.45. The van der Waals surface area contributed by atoms with Crippen molar-refractivity contribution < 1.29 is 8.78 Å². The first-order valence-electron chi connectivity index (χ1n) is 4.50. The van der Waals surface area contributed by atoms with E-state index in [9.17, 15) is 13.6 Å². The van der Waals surface area contributed by atoms with E-state index in [0.29, 0.717) is 0 Å². The first kappa shape index (κ1) is 10.4. The van der Waals surface area contributed by atoms with Gasteiger partial charge in [0.25, 0.3) is 0 Å². The van der Waals surface area contributed by atoms with Crippen molar-refractivity contribution in [2.45, 2.75) is 0 Å². The van der Waals surface area contributed by atoms with Crippen LogP contribution in [0.4, 0.5) is 14.5 Å². The predicted octanol–water partition coefficient (Wildman–Crippen LogP) is 1.04. The van der Waals surface area contributed by atoms with Gasteiger partial charge in [0.05, 0.1) is 5.69 Å². The molecule has 0 unspecified atom stereocenters. The summed E-state index contributed by atoms with van der Waals surface area (Å²) < 4.78 is 29.1. The molecule has 0 aliphatic heterocycles. The Kier molecular flexibility index (Phi) is 2.26. The van der Waals surface area contributed by atoms with Gasteiger partial charge in [0.2, 0.25) is 0 Å². The summed E-state index contributed by atoms with van der Waals surface area (Å²) in [7, 11) is 1.49. The topological polar surface area (TPSA) is 52.9 Å². The second kappa shape index (κ2) is 3.48. The number of anilines is 1. The van der Waals surface area contributed by atoms with Crippen LogP contribution in [-0.4, -0.2) is 9.13 Å². The van der Waals surface area contributed by atoms with Crippen LogP contribution in [0.3, 0.4) is 0 Å². The minimum atomic E-state index is -0.937. The lowest BCUT2D eigenvalue weighted by Crippen LogP contribution is -2.22. The fourth-order valence-corrected chi connectivity index (χ4v) is 1.41. The maximum absolute atomic E-state index is 13.6. The van der Waals surface area contributed by atoms with Crippen molar-refractivity contribution in [3.63, 3.8) is 0 Å². The van der Waals surface area contributed by atoms with Gasteiger partial charge in [0.15, 0.2) is 11.6 Å². The van der Waals surface area contributed by atoms with E-state index in [2.05, 4.69) is 0 Å². The number of nitrogens with two attached hydrogens (primary N) is 1. The maximum atomic E-state index is 13.6. The van der Waals surface area contributed by atoms with Crippen LogP contribution in [0.1, 0.15) is 0 Å². The van der Waals surface area contributed by atoms with E-state index in [1.54, 1.807) is 0 Å². The second-order valence-corrected chi connectivity index (χ2v) is 3.36. The van der Waals surface area contributed by atoms with E-state index in [1.807, 2.05) is 0 Å². The van der Waals surface area contributed by atoms with Crippen LogP contribution in [0, 0.1) is 11.6 Å². The summed E-state index contributed by atoms with van der Waals surface area (Å²) in [4.78, 5) is 11.5. The third-order valence-corrected chi connectivity index (χ3v) is 2.28. The molecule has 84 valence electrons. The summed E-state index contributed by atoms with van der Waals surface area (Å²) >= 11 is 0. The lowest BCUT2D eigenvalue weighted by molar-refractivity contribution is 0.568. The first-order chi connectivity index (χ1) is 7.52. The van der Waals surface area contributed by atoms with Gasteiger partial charge in [-0.05, 0) is 12.1 Å². The SMILES string of the molecule is Cn1ccn(-c2c(F)ccc(N)c2F)c1=O. The van der Waals surface area contributed by atoms with Gasteiger partial charge in [0.1, 0.15) is 5.69 Å². The molecule has 0 saturated carbocycles. The third kappa shape index (κ3) is 1.39. The minimum Gasteiger partial charge on any atom is -0.396 e. The van der Waals surface area contributed by atoms with Crippen LogP contribution in [0.2, 0.25) is 0 Å². The summed E-state index contributed by atoms with van der Waals surface area (Å²) in [6.07, 6.45) is 2.69. The Labute approximate surface area is 89.5 Å². The van der Waals surface area contributed by atoms with Crippen molar-refractivity contribution in [1.82, 2.24) is 9.13 Å². The fourth-order valence-electron chi connectivity index (χ4n) is 1.41. The monoisotopic (exact) mass is 225 g/mol. The molecule has 2 aromatic rings. The van der Waals surface area contributed by atoms with Gasteiger partial charge in [-0.3, -0.25) is 4.57 Å². The van der Waals surface area contributed by atoms with E-state index < -0.39 is 23.0 Å². The van der Waals surface area contributed by atoms with Crippen LogP contribution in [0.25, 0.3) is 5.69 Å². The molecule has 2 N–H and O–H groups in total. The Bertz CT molecular complexity index is 601. The highest BCUT2D eigenvalue weighted by Crippen LogP contribution is 2.21. The van der Waals surface area contributed by atoms with Gasteiger partial charge < -0.3 is 10.3 Å². The Hall–Kier alpha value is -2.11. The van der Waals surface area contributed by atoms with Crippen molar-refractivity contribution in [1.29, 1.82) is 0 Å². The number of aryl methyl sites for hydroxylation is 1. The standard InChI is InChI=1S/C10H9F2N3O/c1-14-4-5-15(10(14)16)9-6(11)2-3-7(13)8(9)12/h2-5H,13H2,1H3. The second-order valence-electron chi connectivity index (χ2n) is 3.36. The molecule has 1 heterocycles. The number of imidazole rings is 1. The third-order valence-electron chi connectivity index (χ3n) is 2.28. The zero-order chi connectivity index (χ0) is 11.9. The first-order valence-corrected chi connectivity index (χ1v) is 4.50. The highest BCUT2D eigenvalue weighted by atomic mass is 19.1. The van der Waals surface area contributed by atoms with Crippen molar-refractivity contribution in [3.8, 4) is 5.69 Å². The summed E-state index contributed by atoms with van der Waals surface area (Å²) in [5.41, 5.74) is 4.13. The summed E-state index contributed by atoms with van der Waals surface area (Å²) in [6, 6.07) is 2.13. The molecule has 0 bridgehead atoms. The number of benzene rings is 1. The smallest absolute Gasteiger partial charge is 0.332 e. The van der Waals surface area contributed by atoms with Crippen molar-refractivity contribution in [3.05, 3.63) is 46.6 Å². The molecule has 2 rings (SSSR count). The average molecular weight is 225 g/mol. The maximum Gasteiger partial charge on any atom is 0.332 e. The molecular formula is C10H9F2N3O. The molecule has 0 atom stereocenters. The van der Waals surface area contributed by atoms with Crippen molar-refractivity contribution >= 4 is 5.69 Å². The molecular weight excluding hydrogens is 216 g/mol.